The van der Waals surface area contributed by atoms with Gasteiger partial charge in [-0.25, -0.2) is 4.57 Å². The normalized spacial score (nSPS) is 11.2. The van der Waals surface area contributed by atoms with Crippen molar-refractivity contribution in [3.8, 4) is 5.75 Å². The molecule has 190 valence electrons. The molecule has 0 spiro atoms. The first kappa shape index (κ1) is 25.9. The second-order valence-corrected chi connectivity index (χ2v) is 9.90. The molecule has 0 saturated carbocycles. The van der Waals surface area contributed by atoms with E-state index in [2.05, 4.69) is 47.2 Å². The first-order chi connectivity index (χ1) is 17.7. The first-order valence-electron chi connectivity index (χ1n) is 12.9. The molecule has 7 heteroatoms. The van der Waals surface area contributed by atoms with Crippen LogP contribution in [-0.4, -0.2) is 36.7 Å². The van der Waals surface area contributed by atoms with Gasteiger partial charge in [0.1, 0.15) is 5.75 Å². The highest BCUT2D eigenvalue weighted by Crippen LogP contribution is 2.27. The molecular weight excluding hydrogens is 470 g/mol. The van der Waals surface area contributed by atoms with Gasteiger partial charge in [-0.05, 0) is 73.0 Å². The Hall–Kier alpha value is -3.16. The van der Waals surface area contributed by atoms with Crippen LogP contribution in [-0.2, 0) is 0 Å². The van der Waals surface area contributed by atoms with E-state index in [1.165, 1.54) is 26.4 Å². The van der Waals surface area contributed by atoms with Gasteiger partial charge < -0.3 is 15.4 Å². The number of benzene rings is 2. The summed E-state index contributed by atoms with van der Waals surface area (Å²) in [6.07, 6.45) is 5.12. The third-order valence-electron chi connectivity index (χ3n) is 6.24. The van der Waals surface area contributed by atoms with E-state index < -0.39 is 0 Å². The van der Waals surface area contributed by atoms with Crippen LogP contribution in [0.3, 0.4) is 0 Å². The highest BCUT2D eigenvalue weighted by molar-refractivity contribution is 7.17. The third-order valence-corrected chi connectivity index (χ3v) is 7.12. The first-order valence-corrected chi connectivity index (χ1v) is 13.8. The molecule has 4 aromatic rings. The van der Waals surface area contributed by atoms with E-state index in [9.17, 15) is 9.59 Å². The summed E-state index contributed by atoms with van der Waals surface area (Å²) in [6, 6.07) is 17.4. The third kappa shape index (κ3) is 6.74. The molecule has 4 rings (SSSR count). The van der Waals surface area contributed by atoms with Gasteiger partial charge in [0.05, 0.1) is 12.1 Å². The van der Waals surface area contributed by atoms with Gasteiger partial charge in [-0.1, -0.05) is 25.8 Å². The zero-order chi connectivity index (χ0) is 25.2. The van der Waals surface area contributed by atoms with Crippen molar-refractivity contribution >= 4 is 43.9 Å². The van der Waals surface area contributed by atoms with Crippen molar-refractivity contribution in [1.29, 1.82) is 0 Å². The Bertz CT molecular complexity index is 1340. The minimum absolute atomic E-state index is 0.149. The molecule has 0 radical (unpaired) electrons. The van der Waals surface area contributed by atoms with Crippen molar-refractivity contribution in [2.24, 2.45) is 0 Å². The van der Waals surface area contributed by atoms with Crippen molar-refractivity contribution in [3.63, 3.8) is 0 Å². The summed E-state index contributed by atoms with van der Waals surface area (Å²) in [4.78, 5) is 25.2. The van der Waals surface area contributed by atoms with Crippen LogP contribution in [0.4, 0.5) is 5.69 Å². The van der Waals surface area contributed by atoms with E-state index in [1.54, 1.807) is 17.4 Å². The number of aromatic nitrogens is 1. The van der Waals surface area contributed by atoms with Gasteiger partial charge in [0.2, 0.25) is 5.91 Å². The predicted octanol–water partition coefficient (Wildman–Crippen LogP) is 6.30. The van der Waals surface area contributed by atoms with Crippen molar-refractivity contribution in [2.45, 2.75) is 45.4 Å². The van der Waals surface area contributed by atoms with E-state index in [1.807, 2.05) is 18.2 Å². The molecule has 2 N–H and O–H groups in total. The number of fused-ring (bicyclic) bond motifs is 2. The minimum Gasteiger partial charge on any atom is -0.494 e. The molecular formula is C29H35N3O3S. The summed E-state index contributed by atoms with van der Waals surface area (Å²) < 4.78 is 8.55. The monoisotopic (exact) mass is 505 g/mol. The van der Waals surface area contributed by atoms with Gasteiger partial charge in [0.25, 0.3) is 5.56 Å². The lowest BCUT2D eigenvalue weighted by Crippen LogP contribution is -2.26. The van der Waals surface area contributed by atoms with Crippen LogP contribution in [0, 0.1) is 0 Å². The summed E-state index contributed by atoms with van der Waals surface area (Å²) >= 11 is 1.76. The molecule has 2 aromatic carbocycles. The van der Waals surface area contributed by atoms with Gasteiger partial charge >= 0.3 is 0 Å². The number of hydrogen-bond donors (Lipinski definition) is 2. The Kier molecular flexibility index (Phi) is 9.53. The Balaban J connectivity index is 1.19. The van der Waals surface area contributed by atoms with Crippen molar-refractivity contribution in [2.75, 3.05) is 31.6 Å². The SMILES string of the molecule is CCCCCC(=O)n1c(=O)ccc2ccc(OCCCCNCCNc3cccc4sccc34)cc21. The van der Waals surface area contributed by atoms with Gasteiger partial charge in [0, 0.05) is 47.4 Å². The Morgan fingerprint density at radius 2 is 1.86 bits per heavy atom. The van der Waals surface area contributed by atoms with Crippen molar-refractivity contribution < 1.29 is 9.53 Å². The molecule has 2 heterocycles. The average Bonchev–Trinajstić information content (AvgIpc) is 3.37. The fourth-order valence-electron chi connectivity index (χ4n) is 4.30. The maximum absolute atomic E-state index is 12.7. The predicted molar refractivity (Wildman–Crippen MR) is 151 cm³/mol. The maximum atomic E-state index is 12.7. The Morgan fingerprint density at radius 1 is 0.972 bits per heavy atom. The summed E-state index contributed by atoms with van der Waals surface area (Å²) in [6.45, 7) is 5.39. The van der Waals surface area contributed by atoms with E-state index >= 15 is 0 Å². The van der Waals surface area contributed by atoms with Crippen LogP contribution in [0.5, 0.6) is 5.75 Å². The van der Waals surface area contributed by atoms with Gasteiger partial charge in [-0.3, -0.25) is 9.59 Å². The lowest BCUT2D eigenvalue weighted by molar-refractivity contribution is 0.0900. The molecule has 6 nitrogen and oxygen atoms in total. The number of unbranched alkanes of at least 4 members (excludes halogenated alkanes) is 3. The quantitative estimate of drug-likeness (QED) is 0.197. The number of carbonyl (C=O) groups is 1. The zero-order valence-electron chi connectivity index (χ0n) is 20.9. The van der Waals surface area contributed by atoms with Crippen LogP contribution < -0.4 is 20.9 Å². The highest BCUT2D eigenvalue weighted by Gasteiger charge is 2.12. The largest absolute Gasteiger partial charge is 0.494 e. The van der Waals surface area contributed by atoms with Crippen molar-refractivity contribution in [3.05, 3.63) is 70.3 Å². The van der Waals surface area contributed by atoms with E-state index in [0.29, 0.717) is 24.3 Å². The molecule has 2 aromatic heterocycles. The number of pyridine rings is 1. The molecule has 0 fully saturated rings. The molecule has 0 aliphatic heterocycles. The van der Waals surface area contributed by atoms with Crippen LogP contribution >= 0.6 is 11.3 Å². The highest BCUT2D eigenvalue weighted by atomic mass is 32.1. The van der Waals surface area contributed by atoms with Crippen LogP contribution in [0.2, 0.25) is 0 Å². The number of nitrogens with zero attached hydrogens (tertiary/aromatic N) is 1. The number of rotatable bonds is 14. The number of thiophene rings is 1. The van der Waals surface area contributed by atoms with E-state index in [4.69, 9.17) is 4.74 Å². The molecule has 0 aliphatic rings. The van der Waals surface area contributed by atoms with E-state index in [0.717, 1.165) is 57.1 Å². The van der Waals surface area contributed by atoms with Crippen molar-refractivity contribution in [1.82, 2.24) is 9.88 Å². The second-order valence-electron chi connectivity index (χ2n) is 8.95. The standard InChI is InChI=1S/C29H35N3O3S/c1-2-3-4-10-28(33)32-26-21-23(13-11-22(26)12-14-29(32)34)35-19-6-5-16-30-17-18-31-25-8-7-9-27-24(25)15-20-36-27/h7-9,11-15,20-21,30-31H,2-6,10,16-19H2,1H3. The van der Waals surface area contributed by atoms with Gasteiger partial charge in [-0.15, -0.1) is 11.3 Å². The summed E-state index contributed by atoms with van der Waals surface area (Å²) in [5, 5.41) is 11.3. The van der Waals surface area contributed by atoms with Crippen LogP contribution in [0.25, 0.3) is 21.0 Å². The Labute approximate surface area is 216 Å². The molecule has 0 atom stereocenters. The van der Waals surface area contributed by atoms with Gasteiger partial charge in [0.15, 0.2) is 0 Å². The molecule has 0 amide bonds. The smallest absolute Gasteiger partial charge is 0.257 e. The van der Waals surface area contributed by atoms with Crippen LogP contribution in [0.1, 0.15) is 50.2 Å². The molecule has 0 saturated heterocycles. The minimum atomic E-state index is -0.284. The fourth-order valence-corrected chi connectivity index (χ4v) is 5.11. The maximum Gasteiger partial charge on any atom is 0.257 e. The van der Waals surface area contributed by atoms with Crippen LogP contribution in [0.15, 0.2) is 64.8 Å². The Morgan fingerprint density at radius 3 is 2.75 bits per heavy atom. The lowest BCUT2D eigenvalue weighted by Gasteiger charge is -2.12. The molecule has 0 aliphatic carbocycles. The fraction of sp³-hybridized carbons (Fsp3) is 0.379. The summed E-state index contributed by atoms with van der Waals surface area (Å²) in [5.74, 6) is 0.534. The number of hydrogen-bond acceptors (Lipinski definition) is 6. The summed E-state index contributed by atoms with van der Waals surface area (Å²) in [5.41, 5.74) is 1.52. The number of carbonyl (C=O) groups excluding carboxylic acids is 1. The molecule has 36 heavy (non-hydrogen) atoms. The van der Waals surface area contributed by atoms with Gasteiger partial charge in [-0.2, -0.15) is 0 Å². The van der Waals surface area contributed by atoms with E-state index in [-0.39, 0.29) is 11.5 Å². The molecule has 0 unspecified atom stereocenters. The second kappa shape index (κ2) is 13.2. The number of ether oxygens (including phenoxy) is 1. The molecule has 0 bridgehead atoms. The number of anilines is 1. The number of nitrogens with one attached hydrogen (secondary N) is 2. The topological polar surface area (TPSA) is 72.4 Å². The average molecular weight is 506 g/mol. The lowest BCUT2D eigenvalue weighted by atomic mass is 10.1. The zero-order valence-corrected chi connectivity index (χ0v) is 21.7. The summed E-state index contributed by atoms with van der Waals surface area (Å²) in [7, 11) is 0.